The Morgan fingerprint density at radius 1 is 1.10 bits per heavy atom. The fourth-order valence-corrected chi connectivity index (χ4v) is 10.0. The van der Waals surface area contributed by atoms with Crippen LogP contribution in [0, 0.1) is 40.4 Å². The van der Waals surface area contributed by atoms with Crippen molar-refractivity contribution in [1.29, 1.82) is 0 Å². The fraction of sp³-hybridized carbons (Fsp3) is 0.935. The van der Waals surface area contributed by atoms with Gasteiger partial charge in [0.05, 0.1) is 31.0 Å². The van der Waals surface area contributed by atoms with Gasteiger partial charge in [0, 0.05) is 45.6 Å². The molecule has 0 aromatic rings. The quantitative estimate of drug-likeness (QED) is 0.458. The molecule has 0 aromatic carbocycles. The summed E-state index contributed by atoms with van der Waals surface area (Å²) >= 11 is 0. The molecule has 1 heterocycles. The van der Waals surface area contributed by atoms with E-state index in [1.807, 2.05) is 0 Å². The first-order valence-corrected chi connectivity index (χ1v) is 15.7. The highest BCUT2D eigenvalue weighted by atomic mass is 16.5. The molecule has 5 rings (SSSR count). The van der Waals surface area contributed by atoms with Crippen LogP contribution < -0.4 is 5.32 Å². The van der Waals surface area contributed by atoms with Crippen molar-refractivity contribution in [2.75, 3.05) is 53.6 Å². The van der Waals surface area contributed by atoms with Crippen LogP contribution in [0.15, 0.2) is 0 Å². The second kappa shape index (κ2) is 11.3. The summed E-state index contributed by atoms with van der Waals surface area (Å²) in [6.07, 6.45) is 6.12. The maximum atomic E-state index is 12.6. The molecule has 0 aromatic heterocycles. The number of carbonyl (C=O) groups excluding carboxylic acids is 2. The molecular formula is C31H53N3O6. The summed E-state index contributed by atoms with van der Waals surface area (Å²) in [7, 11) is 3.55. The number of aliphatic hydroxyl groups excluding tert-OH is 1. The zero-order valence-corrected chi connectivity index (χ0v) is 25.4. The lowest BCUT2D eigenvalue weighted by molar-refractivity contribution is -0.267. The van der Waals surface area contributed by atoms with Crippen LogP contribution in [0.25, 0.3) is 0 Å². The zero-order chi connectivity index (χ0) is 28.9. The Morgan fingerprint density at radius 3 is 2.52 bits per heavy atom. The van der Waals surface area contributed by atoms with Gasteiger partial charge in [-0.1, -0.05) is 20.8 Å². The Labute approximate surface area is 240 Å². The molecule has 4 saturated carbocycles. The van der Waals surface area contributed by atoms with Crippen molar-refractivity contribution in [3.05, 3.63) is 0 Å². The molecule has 3 N–H and O–H groups in total. The van der Waals surface area contributed by atoms with Crippen LogP contribution in [-0.4, -0.2) is 103 Å². The first-order chi connectivity index (χ1) is 18.9. The first kappa shape index (κ1) is 30.1. The van der Waals surface area contributed by atoms with Crippen molar-refractivity contribution in [1.82, 2.24) is 15.1 Å². The molecule has 1 aliphatic heterocycles. The van der Waals surface area contributed by atoms with Crippen LogP contribution >= 0.6 is 0 Å². The summed E-state index contributed by atoms with van der Waals surface area (Å²) < 4.78 is 11.4. The van der Waals surface area contributed by atoms with Crippen molar-refractivity contribution in [2.24, 2.45) is 40.4 Å². The van der Waals surface area contributed by atoms with Gasteiger partial charge in [0.1, 0.15) is 6.61 Å². The van der Waals surface area contributed by atoms with E-state index >= 15 is 0 Å². The van der Waals surface area contributed by atoms with Crippen molar-refractivity contribution < 1.29 is 29.3 Å². The predicted molar refractivity (Wildman–Crippen MR) is 151 cm³/mol. The molecule has 1 saturated heterocycles. The van der Waals surface area contributed by atoms with E-state index in [4.69, 9.17) is 9.47 Å². The van der Waals surface area contributed by atoms with E-state index in [1.54, 1.807) is 23.9 Å². The van der Waals surface area contributed by atoms with Crippen LogP contribution in [0.2, 0.25) is 0 Å². The van der Waals surface area contributed by atoms with Gasteiger partial charge in [0.2, 0.25) is 5.91 Å². The molecule has 0 radical (unpaired) electrons. The Bertz CT molecular complexity index is 942. The normalized spacial score (nSPS) is 43.7. The van der Waals surface area contributed by atoms with Crippen LogP contribution in [0.1, 0.15) is 72.1 Å². The number of hydrogen-bond donors (Lipinski definition) is 3. The summed E-state index contributed by atoms with van der Waals surface area (Å²) in [5, 5.41) is 26.9. The van der Waals surface area contributed by atoms with E-state index in [2.05, 4.69) is 26.1 Å². The second-order valence-corrected chi connectivity index (χ2v) is 14.4. The molecule has 0 unspecified atom stereocenters. The third kappa shape index (κ3) is 5.07. The SMILES string of the molecule is C[C@H](CNC(=O)N(C)C)[C@H]1CC[C@H]2[C@@H]3C[C@@H](O)[C@@]4(O)C[C@@H](OCC(=O)N5CCOCC5)CC[C@]4(C)[C@H]3CC[C@]12C. The second-order valence-electron chi connectivity index (χ2n) is 14.4. The van der Waals surface area contributed by atoms with Gasteiger partial charge in [0.25, 0.3) is 0 Å². The summed E-state index contributed by atoms with van der Waals surface area (Å²) in [4.78, 5) is 28.2. The van der Waals surface area contributed by atoms with Gasteiger partial charge < -0.3 is 34.8 Å². The third-order valence-corrected chi connectivity index (χ3v) is 12.4. The lowest BCUT2D eigenvalue weighted by Gasteiger charge is -2.65. The van der Waals surface area contributed by atoms with Gasteiger partial charge in [-0.3, -0.25) is 4.79 Å². The number of nitrogens with zero attached hydrogens (tertiary/aromatic N) is 2. The number of amides is 3. The van der Waals surface area contributed by atoms with Crippen molar-refractivity contribution in [3.8, 4) is 0 Å². The minimum Gasteiger partial charge on any atom is -0.390 e. The Kier molecular flexibility index (Phi) is 8.52. The number of carbonyl (C=O) groups is 2. The number of hydrogen-bond acceptors (Lipinski definition) is 6. The van der Waals surface area contributed by atoms with Crippen molar-refractivity contribution >= 4 is 11.9 Å². The molecule has 9 heteroatoms. The number of urea groups is 1. The Morgan fingerprint density at radius 2 is 1.82 bits per heavy atom. The molecule has 0 spiro atoms. The maximum absolute atomic E-state index is 12.6. The molecular weight excluding hydrogens is 510 g/mol. The number of aliphatic hydroxyl groups is 2. The van der Waals surface area contributed by atoms with E-state index in [1.165, 1.54) is 0 Å². The average molecular weight is 564 g/mol. The highest BCUT2D eigenvalue weighted by Gasteiger charge is 2.67. The lowest BCUT2D eigenvalue weighted by Crippen LogP contribution is -2.68. The van der Waals surface area contributed by atoms with Crippen molar-refractivity contribution in [3.63, 3.8) is 0 Å². The minimum absolute atomic E-state index is 0.0224. The summed E-state index contributed by atoms with van der Waals surface area (Å²) in [6, 6.07) is -0.0390. The van der Waals surface area contributed by atoms with Gasteiger partial charge in [-0.2, -0.15) is 0 Å². The molecule has 9 nitrogen and oxygen atoms in total. The third-order valence-electron chi connectivity index (χ3n) is 12.4. The molecule has 0 bridgehead atoms. The predicted octanol–water partition coefficient (Wildman–Crippen LogP) is 2.88. The Balaban J connectivity index is 1.24. The van der Waals surface area contributed by atoms with Crippen LogP contribution in [0.4, 0.5) is 4.79 Å². The Hall–Kier alpha value is -1.42. The van der Waals surface area contributed by atoms with E-state index in [9.17, 15) is 19.8 Å². The molecule has 5 aliphatic rings. The molecule has 3 amide bonds. The van der Waals surface area contributed by atoms with Crippen LogP contribution in [0.5, 0.6) is 0 Å². The fourth-order valence-electron chi connectivity index (χ4n) is 10.0. The van der Waals surface area contributed by atoms with E-state index in [-0.39, 0.29) is 35.5 Å². The number of morpholine rings is 1. The molecule has 10 atom stereocenters. The van der Waals surface area contributed by atoms with E-state index in [0.29, 0.717) is 75.3 Å². The summed E-state index contributed by atoms with van der Waals surface area (Å²) in [5.41, 5.74) is -1.38. The van der Waals surface area contributed by atoms with Gasteiger partial charge in [-0.05, 0) is 80.0 Å². The van der Waals surface area contributed by atoms with Crippen LogP contribution in [0.3, 0.4) is 0 Å². The smallest absolute Gasteiger partial charge is 0.316 e. The van der Waals surface area contributed by atoms with Gasteiger partial charge in [-0.15, -0.1) is 0 Å². The van der Waals surface area contributed by atoms with Gasteiger partial charge in [0.15, 0.2) is 0 Å². The lowest BCUT2D eigenvalue weighted by atomic mass is 9.42. The number of ether oxygens (including phenoxy) is 2. The van der Waals surface area contributed by atoms with Crippen LogP contribution in [-0.2, 0) is 14.3 Å². The largest absolute Gasteiger partial charge is 0.390 e. The van der Waals surface area contributed by atoms with Gasteiger partial charge in [-0.25, -0.2) is 4.79 Å². The highest BCUT2D eigenvalue weighted by molar-refractivity contribution is 5.77. The zero-order valence-electron chi connectivity index (χ0n) is 25.4. The van der Waals surface area contributed by atoms with E-state index < -0.39 is 11.7 Å². The first-order valence-electron chi connectivity index (χ1n) is 15.7. The average Bonchev–Trinajstić information content (AvgIpc) is 3.29. The molecule has 40 heavy (non-hydrogen) atoms. The highest BCUT2D eigenvalue weighted by Crippen LogP contribution is 2.69. The van der Waals surface area contributed by atoms with Crippen molar-refractivity contribution in [2.45, 2.75) is 89.9 Å². The topological polar surface area (TPSA) is 112 Å². The molecule has 4 aliphatic carbocycles. The summed E-state index contributed by atoms with van der Waals surface area (Å²) in [6.45, 7) is 9.99. The summed E-state index contributed by atoms with van der Waals surface area (Å²) in [5.74, 6) is 2.21. The van der Waals surface area contributed by atoms with E-state index in [0.717, 1.165) is 38.5 Å². The standard InChI is InChI=1S/C31H53N3O6/c1-20(18-32-28(37)33(4)5)23-6-7-24-22-16-26(35)31(38)17-21(40-19-27(36)34-12-14-39-15-13-34)8-11-30(31,3)25(22)9-10-29(23,24)2/h20-26,35,38H,6-19H2,1-5H3,(H,32,37)/t20-,21+,22+,23-,24+,25+,26-,29-,30-,31+/m1/s1. The maximum Gasteiger partial charge on any atom is 0.316 e. The molecule has 228 valence electrons. The number of rotatable bonds is 6. The minimum atomic E-state index is -1.20. The monoisotopic (exact) mass is 563 g/mol. The molecule has 5 fully saturated rings. The van der Waals surface area contributed by atoms with Gasteiger partial charge >= 0.3 is 6.03 Å². The number of nitrogens with one attached hydrogen (secondary N) is 1. The number of fused-ring (bicyclic) bond motifs is 5.